The van der Waals surface area contributed by atoms with E-state index in [2.05, 4.69) is 14.8 Å². The van der Waals surface area contributed by atoms with E-state index >= 15 is 0 Å². The van der Waals surface area contributed by atoms with E-state index in [1.165, 1.54) is 0 Å². The number of carboxylic acid groups (broad SMARTS) is 1. The summed E-state index contributed by atoms with van der Waals surface area (Å²) in [6, 6.07) is 0.406. The van der Waals surface area contributed by atoms with Gasteiger partial charge in [-0.3, -0.25) is 9.69 Å². The van der Waals surface area contributed by atoms with Crippen molar-refractivity contribution in [2.75, 3.05) is 63.3 Å². The fraction of sp³-hybridized carbons (Fsp3) is 0.737. The fourth-order valence-electron chi connectivity index (χ4n) is 4.21. The summed E-state index contributed by atoms with van der Waals surface area (Å²) in [6.07, 6.45) is 3.76. The Morgan fingerprint density at radius 2 is 2.07 bits per heavy atom. The van der Waals surface area contributed by atoms with Gasteiger partial charge in [0, 0.05) is 64.5 Å². The smallest absolute Gasteiger partial charge is 0.303 e. The molecule has 2 atom stereocenters. The second-order valence-corrected chi connectivity index (χ2v) is 7.71. The Balaban J connectivity index is 1.75. The van der Waals surface area contributed by atoms with Crippen LogP contribution in [0, 0.1) is 12.8 Å². The molecule has 0 amide bonds. The third-order valence-corrected chi connectivity index (χ3v) is 5.58. The van der Waals surface area contributed by atoms with Crippen molar-refractivity contribution < 1.29 is 14.6 Å². The van der Waals surface area contributed by atoms with Gasteiger partial charge < -0.3 is 19.6 Å². The highest BCUT2D eigenvalue weighted by atomic mass is 16.5. The van der Waals surface area contributed by atoms with Gasteiger partial charge in [0.1, 0.15) is 5.82 Å². The highest BCUT2D eigenvalue weighted by Crippen LogP contribution is 2.29. The maximum Gasteiger partial charge on any atom is 0.303 e. The summed E-state index contributed by atoms with van der Waals surface area (Å²) in [7, 11) is 3.97. The van der Waals surface area contributed by atoms with Gasteiger partial charge in [-0.15, -0.1) is 0 Å². The second-order valence-electron chi connectivity index (χ2n) is 7.71. The summed E-state index contributed by atoms with van der Waals surface area (Å²) in [5.74, 6) is 1.23. The number of aryl methyl sites for hydroxylation is 1. The van der Waals surface area contributed by atoms with Crippen LogP contribution in [0.4, 0.5) is 11.8 Å². The highest BCUT2D eigenvalue weighted by Gasteiger charge is 2.35. The lowest BCUT2D eigenvalue weighted by Crippen LogP contribution is -2.54. The number of anilines is 2. The molecule has 0 aromatic carbocycles. The molecule has 0 unspecified atom stereocenters. The molecule has 1 N–H and O–H groups in total. The molecule has 2 fully saturated rings. The van der Waals surface area contributed by atoms with Crippen LogP contribution in [0.1, 0.15) is 24.8 Å². The van der Waals surface area contributed by atoms with Crippen LogP contribution in [0.15, 0.2) is 6.20 Å². The Morgan fingerprint density at radius 1 is 1.33 bits per heavy atom. The topological polar surface area (TPSA) is 82.0 Å². The predicted octanol–water partition coefficient (Wildman–Crippen LogP) is 1.24. The van der Waals surface area contributed by atoms with Crippen LogP contribution >= 0.6 is 0 Å². The quantitative estimate of drug-likeness (QED) is 0.793. The molecule has 2 aliphatic rings. The molecule has 0 radical (unpaired) electrons. The van der Waals surface area contributed by atoms with Gasteiger partial charge in [0.25, 0.3) is 0 Å². The van der Waals surface area contributed by atoms with Crippen molar-refractivity contribution >= 4 is 17.7 Å². The monoisotopic (exact) mass is 377 g/mol. The van der Waals surface area contributed by atoms with Gasteiger partial charge in [-0.25, -0.2) is 4.98 Å². The minimum atomic E-state index is -0.727. The molecular weight excluding hydrogens is 346 g/mol. The largest absolute Gasteiger partial charge is 0.481 e. The van der Waals surface area contributed by atoms with Crippen LogP contribution in [0.25, 0.3) is 0 Å². The predicted molar refractivity (Wildman–Crippen MR) is 104 cm³/mol. The molecule has 0 saturated carbocycles. The first-order chi connectivity index (χ1) is 13.0. The van der Waals surface area contributed by atoms with Crippen molar-refractivity contribution in [3.8, 4) is 0 Å². The van der Waals surface area contributed by atoms with Crippen molar-refractivity contribution in [3.63, 3.8) is 0 Å². The number of aromatic nitrogens is 2. The Bertz CT molecular complexity index is 648. The Kier molecular flexibility index (Phi) is 6.49. The molecule has 0 aliphatic carbocycles. The van der Waals surface area contributed by atoms with E-state index in [4.69, 9.17) is 9.72 Å². The molecule has 0 spiro atoms. The lowest BCUT2D eigenvalue weighted by Gasteiger charge is -2.45. The summed E-state index contributed by atoms with van der Waals surface area (Å²) in [6.45, 7) is 7.09. The number of piperidine rings is 1. The Labute approximate surface area is 161 Å². The van der Waals surface area contributed by atoms with Crippen LogP contribution in [0.3, 0.4) is 0 Å². The average molecular weight is 377 g/mol. The average Bonchev–Trinajstić information content (AvgIpc) is 2.67. The Hall–Kier alpha value is -1.93. The molecule has 0 bridgehead atoms. The minimum absolute atomic E-state index is 0.205. The maximum atomic E-state index is 11.2. The molecule has 27 heavy (non-hydrogen) atoms. The number of ether oxygens (including phenoxy) is 1. The van der Waals surface area contributed by atoms with Crippen molar-refractivity contribution in [2.45, 2.75) is 32.2 Å². The van der Waals surface area contributed by atoms with Crippen LogP contribution in [-0.4, -0.2) is 85.5 Å². The molecule has 1 aromatic rings. The number of carboxylic acids is 1. The molecule has 1 aromatic heterocycles. The van der Waals surface area contributed by atoms with Crippen LogP contribution < -0.4 is 9.80 Å². The van der Waals surface area contributed by atoms with Crippen molar-refractivity contribution in [3.05, 3.63) is 11.8 Å². The summed E-state index contributed by atoms with van der Waals surface area (Å²) in [5.41, 5.74) is 1.05. The maximum absolute atomic E-state index is 11.2. The molecule has 3 rings (SSSR count). The molecule has 3 heterocycles. The summed E-state index contributed by atoms with van der Waals surface area (Å²) in [5, 5.41) is 9.17. The van der Waals surface area contributed by atoms with E-state index in [1.807, 2.05) is 32.1 Å². The molecule has 150 valence electrons. The first-order valence-electron chi connectivity index (χ1n) is 9.75. The van der Waals surface area contributed by atoms with Gasteiger partial charge in [0.2, 0.25) is 5.95 Å². The highest BCUT2D eigenvalue weighted by molar-refractivity contribution is 5.66. The zero-order valence-electron chi connectivity index (χ0n) is 16.6. The third kappa shape index (κ3) is 4.87. The van der Waals surface area contributed by atoms with E-state index in [0.29, 0.717) is 18.4 Å². The number of rotatable bonds is 6. The number of nitrogens with zero attached hydrogens (tertiary/aromatic N) is 5. The fourth-order valence-corrected chi connectivity index (χ4v) is 4.21. The minimum Gasteiger partial charge on any atom is -0.481 e. The van der Waals surface area contributed by atoms with Gasteiger partial charge in [0.05, 0.1) is 13.2 Å². The number of hydrogen-bond donors (Lipinski definition) is 1. The normalized spacial score (nSPS) is 24.0. The number of hydrogen-bond acceptors (Lipinski definition) is 7. The van der Waals surface area contributed by atoms with E-state index in [-0.39, 0.29) is 6.42 Å². The first kappa shape index (κ1) is 19.8. The number of carbonyl (C=O) groups is 1. The van der Waals surface area contributed by atoms with E-state index < -0.39 is 5.97 Å². The van der Waals surface area contributed by atoms with Gasteiger partial charge in [-0.05, 0) is 25.7 Å². The standard InChI is InChI=1S/C19H31N5O3/c1-14-12-20-19(21-18(14)22(2)3)24-7-6-16(23-8-10-27-11-9-23)15(13-24)4-5-17(25)26/h12,15-16H,4-11,13H2,1-3H3,(H,25,26)/t15-,16+/m1/s1. The lowest BCUT2D eigenvalue weighted by molar-refractivity contribution is -0.137. The lowest BCUT2D eigenvalue weighted by atomic mass is 9.87. The molecule has 2 saturated heterocycles. The summed E-state index contributed by atoms with van der Waals surface area (Å²) < 4.78 is 5.49. The van der Waals surface area contributed by atoms with Crippen molar-refractivity contribution in [2.24, 2.45) is 5.92 Å². The number of morpholine rings is 1. The van der Waals surface area contributed by atoms with Crippen molar-refractivity contribution in [1.29, 1.82) is 0 Å². The van der Waals surface area contributed by atoms with Crippen LogP contribution in [0.5, 0.6) is 0 Å². The molecule has 2 aliphatic heterocycles. The zero-order chi connectivity index (χ0) is 19.4. The summed E-state index contributed by atoms with van der Waals surface area (Å²) in [4.78, 5) is 27.2. The Morgan fingerprint density at radius 3 is 2.74 bits per heavy atom. The van der Waals surface area contributed by atoms with Crippen LogP contribution in [0.2, 0.25) is 0 Å². The van der Waals surface area contributed by atoms with Gasteiger partial charge in [0.15, 0.2) is 0 Å². The van der Waals surface area contributed by atoms with Gasteiger partial charge in [-0.2, -0.15) is 4.98 Å². The van der Waals surface area contributed by atoms with Gasteiger partial charge >= 0.3 is 5.97 Å². The molecule has 8 nitrogen and oxygen atoms in total. The zero-order valence-corrected chi connectivity index (χ0v) is 16.6. The van der Waals surface area contributed by atoms with E-state index in [1.54, 1.807) is 0 Å². The molecule has 8 heteroatoms. The second kappa shape index (κ2) is 8.84. The van der Waals surface area contributed by atoms with Crippen LogP contribution in [-0.2, 0) is 9.53 Å². The third-order valence-electron chi connectivity index (χ3n) is 5.58. The molecular formula is C19H31N5O3. The van der Waals surface area contributed by atoms with Crippen molar-refractivity contribution in [1.82, 2.24) is 14.9 Å². The summed E-state index contributed by atoms with van der Waals surface area (Å²) >= 11 is 0. The van der Waals surface area contributed by atoms with E-state index in [9.17, 15) is 9.90 Å². The SMILES string of the molecule is Cc1cnc(N2CC[C@H](N3CCOCC3)[C@H](CCC(=O)O)C2)nc1N(C)C. The first-order valence-corrected chi connectivity index (χ1v) is 9.75. The van der Waals surface area contributed by atoms with Gasteiger partial charge in [-0.1, -0.05) is 0 Å². The van der Waals surface area contributed by atoms with E-state index in [0.717, 1.165) is 63.1 Å². The number of aliphatic carboxylic acids is 1.